The van der Waals surface area contributed by atoms with Crippen LogP contribution in [0.5, 0.6) is 11.5 Å². The van der Waals surface area contributed by atoms with Crippen LogP contribution in [0.15, 0.2) is 36.5 Å². The Morgan fingerprint density at radius 3 is 2.86 bits per heavy atom. The SMILES string of the molecule is CNc1ncccc1COc1ccc(OC)c([N+](=O)[O-])c1. The van der Waals surface area contributed by atoms with E-state index in [-0.39, 0.29) is 18.0 Å². The molecule has 0 amide bonds. The summed E-state index contributed by atoms with van der Waals surface area (Å²) in [5.41, 5.74) is 0.730. The summed E-state index contributed by atoms with van der Waals surface area (Å²) in [6.45, 7) is 0.257. The molecule has 1 heterocycles. The molecule has 0 fully saturated rings. The third kappa shape index (κ3) is 3.38. The van der Waals surface area contributed by atoms with Crippen molar-refractivity contribution in [1.82, 2.24) is 4.98 Å². The van der Waals surface area contributed by atoms with Gasteiger partial charge < -0.3 is 14.8 Å². The molecule has 0 aliphatic rings. The zero-order chi connectivity index (χ0) is 15.2. The van der Waals surface area contributed by atoms with E-state index >= 15 is 0 Å². The Balaban J connectivity index is 2.17. The first kappa shape index (κ1) is 14.6. The van der Waals surface area contributed by atoms with Crippen molar-refractivity contribution in [2.45, 2.75) is 6.61 Å². The molecular formula is C14H15N3O4. The fraction of sp³-hybridized carbons (Fsp3) is 0.214. The van der Waals surface area contributed by atoms with Crippen molar-refractivity contribution in [3.05, 3.63) is 52.2 Å². The Hall–Kier alpha value is -2.83. The van der Waals surface area contributed by atoms with Crippen molar-refractivity contribution >= 4 is 11.5 Å². The minimum Gasteiger partial charge on any atom is -0.490 e. The second-order valence-electron chi connectivity index (χ2n) is 4.14. The summed E-state index contributed by atoms with van der Waals surface area (Å²) in [6, 6.07) is 8.15. The summed E-state index contributed by atoms with van der Waals surface area (Å²) in [6.07, 6.45) is 1.67. The van der Waals surface area contributed by atoms with Crippen molar-refractivity contribution in [2.75, 3.05) is 19.5 Å². The monoisotopic (exact) mass is 289 g/mol. The van der Waals surface area contributed by atoms with Gasteiger partial charge in [-0.2, -0.15) is 0 Å². The smallest absolute Gasteiger partial charge is 0.314 e. The molecule has 1 aromatic carbocycles. The summed E-state index contributed by atoms with van der Waals surface area (Å²) in [7, 11) is 3.15. The van der Waals surface area contributed by atoms with Crippen molar-refractivity contribution in [3.8, 4) is 11.5 Å². The summed E-state index contributed by atoms with van der Waals surface area (Å²) in [5, 5.41) is 13.9. The molecule has 0 aliphatic carbocycles. The number of nitrogens with one attached hydrogen (secondary N) is 1. The van der Waals surface area contributed by atoms with Crippen LogP contribution < -0.4 is 14.8 Å². The van der Waals surface area contributed by atoms with Crippen LogP contribution in [0.3, 0.4) is 0 Å². The van der Waals surface area contributed by atoms with E-state index in [1.807, 2.05) is 6.07 Å². The minimum absolute atomic E-state index is 0.130. The molecule has 7 heteroatoms. The molecule has 110 valence electrons. The Morgan fingerprint density at radius 2 is 2.19 bits per heavy atom. The van der Waals surface area contributed by atoms with Crippen LogP contribution in [-0.4, -0.2) is 24.1 Å². The van der Waals surface area contributed by atoms with Gasteiger partial charge in [0.1, 0.15) is 18.2 Å². The maximum atomic E-state index is 11.0. The molecule has 0 aliphatic heterocycles. The molecule has 0 unspecified atom stereocenters. The fourth-order valence-electron chi connectivity index (χ4n) is 1.84. The van der Waals surface area contributed by atoms with Gasteiger partial charge in [-0.3, -0.25) is 10.1 Å². The number of anilines is 1. The quantitative estimate of drug-likeness (QED) is 0.649. The molecule has 0 saturated heterocycles. The standard InChI is InChI=1S/C14H15N3O4/c1-15-14-10(4-3-7-16-14)9-21-11-5-6-13(20-2)12(8-11)17(18)19/h3-8H,9H2,1-2H3,(H,15,16). The molecule has 1 N–H and O–H groups in total. The van der Waals surface area contributed by atoms with E-state index < -0.39 is 4.92 Å². The number of hydrogen-bond acceptors (Lipinski definition) is 6. The van der Waals surface area contributed by atoms with Gasteiger partial charge in [-0.05, 0) is 18.2 Å². The zero-order valence-electron chi connectivity index (χ0n) is 11.7. The molecule has 2 rings (SSSR count). The lowest BCUT2D eigenvalue weighted by Gasteiger charge is -2.10. The highest BCUT2D eigenvalue weighted by Gasteiger charge is 2.16. The third-order valence-electron chi connectivity index (χ3n) is 2.87. The first-order chi connectivity index (χ1) is 10.2. The van der Waals surface area contributed by atoms with Crippen molar-refractivity contribution in [2.24, 2.45) is 0 Å². The van der Waals surface area contributed by atoms with E-state index in [0.29, 0.717) is 11.6 Å². The van der Waals surface area contributed by atoms with E-state index in [0.717, 1.165) is 5.56 Å². The van der Waals surface area contributed by atoms with Gasteiger partial charge in [0.15, 0.2) is 5.75 Å². The van der Waals surface area contributed by atoms with Crippen LogP contribution >= 0.6 is 0 Å². The van der Waals surface area contributed by atoms with E-state index in [1.165, 1.54) is 19.2 Å². The van der Waals surface area contributed by atoms with Gasteiger partial charge in [0.2, 0.25) is 0 Å². The number of nitro benzene ring substituents is 1. The van der Waals surface area contributed by atoms with Gasteiger partial charge in [-0.25, -0.2) is 4.98 Å². The highest BCUT2D eigenvalue weighted by molar-refractivity contribution is 5.51. The first-order valence-electron chi connectivity index (χ1n) is 6.22. The third-order valence-corrected chi connectivity index (χ3v) is 2.87. The predicted molar refractivity (Wildman–Crippen MR) is 77.8 cm³/mol. The van der Waals surface area contributed by atoms with Gasteiger partial charge in [0, 0.05) is 18.8 Å². The van der Waals surface area contributed by atoms with Crippen LogP contribution in [0, 0.1) is 10.1 Å². The lowest BCUT2D eigenvalue weighted by molar-refractivity contribution is -0.385. The summed E-state index contributed by atoms with van der Waals surface area (Å²) >= 11 is 0. The number of nitro groups is 1. The van der Waals surface area contributed by atoms with Gasteiger partial charge in [-0.1, -0.05) is 6.07 Å². The Bertz CT molecular complexity index is 646. The summed E-state index contributed by atoms with van der Waals surface area (Å²) < 4.78 is 10.5. The minimum atomic E-state index is -0.505. The van der Waals surface area contributed by atoms with E-state index in [1.54, 1.807) is 25.4 Å². The molecule has 0 spiro atoms. The number of nitrogens with zero attached hydrogens (tertiary/aromatic N) is 2. The number of rotatable bonds is 6. The van der Waals surface area contributed by atoms with Crippen LogP contribution in [0.25, 0.3) is 0 Å². The second-order valence-corrected chi connectivity index (χ2v) is 4.14. The highest BCUT2D eigenvalue weighted by Crippen LogP contribution is 2.31. The molecule has 0 bridgehead atoms. The van der Waals surface area contributed by atoms with Crippen molar-refractivity contribution < 1.29 is 14.4 Å². The molecule has 0 atom stereocenters. The van der Waals surface area contributed by atoms with E-state index in [4.69, 9.17) is 9.47 Å². The average molecular weight is 289 g/mol. The largest absolute Gasteiger partial charge is 0.490 e. The van der Waals surface area contributed by atoms with Gasteiger partial charge in [0.25, 0.3) is 0 Å². The van der Waals surface area contributed by atoms with Gasteiger partial charge in [0.05, 0.1) is 18.1 Å². The Morgan fingerprint density at radius 1 is 1.38 bits per heavy atom. The molecule has 1 aromatic heterocycles. The number of methoxy groups -OCH3 is 1. The molecular weight excluding hydrogens is 274 g/mol. The van der Waals surface area contributed by atoms with Crippen LogP contribution in [0.1, 0.15) is 5.56 Å². The Labute approximate surface area is 121 Å². The summed E-state index contributed by atoms with van der Waals surface area (Å²) in [4.78, 5) is 14.6. The van der Waals surface area contributed by atoms with E-state index in [2.05, 4.69) is 10.3 Å². The number of benzene rings is 1. The number of aromatic nitrogens is 1. The molecule has 21 heavy (non-hydrogen) atoms. The Kier molecular flexibility index (Phi) is 4.55. The fourth-order valence-corrected chi connectivity index (χ4v) is 1.84. The molecule has 0 radical (unpaired) electrons. The predicted octanol–water partition coefficient (Wildman–Crippen LogP) is 2.62. The van der Waals surface area contributed by atoms with Crippen molar-refractivity contribution in [1.29, 1.82) is 0 Å². The average Bonchev–Trinajstić information content (AvgIpc) is 2.52. The molecule has 2 aromatic rings. The van der Waals surface area contributed by atoms with Crippen molar-refractivity contribution in [3.63, 3.8) is 0 Å². The molecule has 7 nitrogen and oxygen atoms in total. The number of ether oxygens (including phenoxy) is 2. The van der Waals surface area contributed by atoms with Gasteiger partial charge in [-0.15, -0.1) is 0 Å². The maximum absolute atomic E-state index is 11.0. The highest BCUT2D eigenvalue weighted by atomic mass is 16.6. The van der Waals surface area contributed by atoms with Crippen LogP contribution in [-0.2, 0) is 6.61 Å². The molecule has 0 saturated carbocycles. The maximum Gasteiger partial charge on any atom is 0.314 e. The van der Waals surface area contributed by atoms with E-state index in [9.17, 15) is 10.1 Å². The first-order valence-corrected chi connectivity index (χ1v) is 6.22. The number of pyridine rings is 1. The van der Waals surface area contributed by atoms with Gasteiger partial charge >= 0.3 is 5.69 Å². The lowest BCUT2D eigenvalue weighted by Crippen LogP contribution is -2.02. The normalized spacial score (nSPS) is 10.0. The van der Waals surface area contributed by atoms with Crippen LogP contribution in [0.2, 0.25) is 0 Å². The number of hydrogen-bond donors (Lipinski definition) is 1. The van der Waals surface area contributed by atoms with Crippen LogP contribution in [0.4, 0.5) is 11.5 Å². The second kappa shape index (κ2) is 6.56. The topological polar surface area (TPSA) is 86.5 Å². The zero-order valence-corrected chi connectivity index (χ0v) is 11.7. The lowest BCUT2D eigenvalue weighted by atomic mass is 10.2. The summed E-state index contributed by atoms with van der Waals surface area (Å²) in [5.74, 6) is 1.30.